The second-order valence-corrected chi connectivity index (χ2v) is 10.4. The van der Waals surface area contributed by atoms with Crippen LogP contribution in [0.3, 0.4) is 0 Å². The van der Waals surface area contributed by atoms with E-state index in [0.717, 1.165) is 12.8 Å². The molecule has 0 aliphatic carbocycles. The highest BCUT2D eigenvalue weighted by Gasteiger charge is 2.00. The van der Waals surface area contributed by atoms with E-state index in [2.05, 4.69) is 34.6 Å². The van der Waals surface area contributed by atoms with Crippen molar-refractivity contribution in [3.8, 4) is 0 Å². The molecule has 0 rings (SSSR count). The van der Waals surface area contributed by atoms with Crippen LogP contribution in [0.25, 0.3) is 0 Å². The number of unbranched alkanes of at least 4 members (excludes halogenated alkanes) is 10. The van der Waals surface area contributed by atoms with E-state index in [4.69, 9.17) is 0 Å². The van der Waals surface area contributed by atoms with Crippen LogP contribution in [0, 0.1) is 5.41 Å². The predicted molar refractivity (Wildman–Crippen MR) is 101 cm³/mol. The third-order valence-corrected chi connectivity index (χ3v) is 4.15. The molecule has 0 saturated carbocycles. The van der Waals surface area contributed by atoms with E-state index in [9.17, 15) is 8.42 Å². The molecule has 0 unspecified atom stereocenters. The van der Waals surface area contributed by atoms with Gasteiger partial charge in [0.2, 0.25) is 0 Å². The highest BCUT2D eigenvalue weighted by atomic mass is 32.2. The minimum Gasteiger partial charge on any atom is -0.229 e. The van der Waals surface area contributed by atoms with Crippen molar-refractivity contribution in [1.82, 2.24) is 0 Å². The summed E-state index contributed by atoms with van der Waals surface area (Å²) in [6.45, 7) is 11.0. The highest BCUT2D eigenvalue weighted by molar-refractivity contribution is 7.90. The van der Waals surface area contributed by atoms with Crippen LogP contribution in [0.2, 0.25) is 0 Å². The van der Waals surface area contributed by atoms with Crippen molar-refractivity contribution < 1.29 is 8.42 Å². The lowest BCUT2D eigenvalue weighted by Crippen LogP contribution is -2.02. The lowest BCUT2D eigenvalue weighted by molar-refractivity contribution is 0.469. The van der Waals surface area contributed by atoms with Crippen molar-refractivity contribution >= 4 is 9.84 Å². The summed E-state index contributed by atoms with van der Waals surface area (Å²) in [5.74, 6) is 0.365. The molecule has 2 nitrogen and oxygen atoms in total. The van der Waals surface area contributed by atoms with Crippen LogP contribution in [-0.2, 0) is 9.84 Å². The van der Waals surface area contributed by atoms with Gasteiger partial charge < -0.3 is 0 Å². The molecule has 0 fully saturated rings. The molecule has 0 aliphatic rings. The van der Waals surface area contributed by atoms with Crippen LogP contribution in [0.15, 0.2) is 0 Å². The van der Waals surface area contributed by atoms with Gasteiger partial charge in [0.1, 0.15) is 9.84 Å². The van der Waals surface area contributed by atoms with Gasteiger partial charge in [0.15, 0.2) is 0 Å². The summed E-state index contributed by atoms with van der Waals surface area (Å²) < 4.78 is 21.8. The first-order valence-electron chi connectivity index (χ1n) is 9.24. The third kappa shape index (κ3) is 36.8. The molecule has 0 heterocycles. The fourth-order valence-electron chi connectivity index (χ4n) is 2.03. The van der Waals surface area contributed by atoms with Crippen molar-refractivity contribution in [3.05, 3.63) is 0 Å². The van der Waals surface area contributed by atoms with Crippen molar-refractivity contribution in [2.75, 3.05) is 12.0 Å². The summed E-state index contributed by atoms with van der Waals surface area (Å²) in [6, 6.07) is 0. The highest BCUT2D eigenvalue weighted by Crippen LogP contribution is 2.11. The van der Waals surface area contributed by atoms with E-state index in [1.165, 1.54) is 64.0 Å². The van der Waals surface area contributed by atoms with E-state index in [1.54, 1.807) is 0 Å². The Bertz CT molecular complexity index is 307. The number of hydrogen-bond acceptors (Lipinski definition) is 2. The fraction of sp³-hybridized carbons (Fsp3) is 1.00. The van der Waals surface area contributed by atoms with Crippen LogP contribution in [-0.4, -0.2) is 20.4 Å². The Morgan fingerprint density at radius 3 is 1.18 bits per heavy atom. The van der Waals surface area contributed by atoms with Gasteiger partial charge in [0.05, 0.1) is 0 Å². The average Bonchev–Trinajstić information content (AvgIpc) is 2.32. The molecule has 22 heavy (non-hydrogen) atoms. The quantitative estimate of drug-likeness (QED) is 0.387. The summed E-state index contributed by atoms with van der Waals surface area (Å²) in [5, 5.41) is 0. The maximum atomic E-state index is 10.9. The first-order chi connectivity index (χ1) is 10.1. The standard InChI is InChI=1S/C14H30O2S.C5H12/c1-3-4-5-6-7-8-9-10-11-12-13-14-17(2,15)16;1-5(2,3)4/h3-14H2,1-2H3;1-4H3. The molecule has 0 radical (unpaired) electrons. The van der Waals surface area contributed by atoms with Crippen LogP contribution in [0.4, 0.5) is 0 Å². The summed E-state index contributed by atoms with van der Waals surface area (Å²) >= 11 is 0. The average molecular weight is 335 g/mol. The Labute approximate surface area is 141 Å². The van der Waals surface area contributed by atoms with Gasteiger partial charge >= 0.3 is 0 Å². The minimum absolute atomic E-state index is 0.365. The molecule has 0 amide bonds. The van der Waals surface area contributed by atoms with Gasteiger partial charge in [-0.2, -0.15) is 0 Å². The second-order valence-electron chi connectivity index (χ2n) is 8.17. The van der Waals surface area contributed by atoms with Crippen molar-refractivity contribution in [2.45, 2.75) is 105 Å². The summed E-state index contributed by atoms with van der Waals surface area (Å²) in [6.07, 6.45) is 15.3. The Hall–Kier alpha value is -0.0500. The lowest BCUT2D eigenvalue weighted by Gasteiger charge is -2.05. The van der Waals surface area contributed by atoms with Gasteiger partial charge in [-0.3, -0.25) is 0 Å². The predicted octanol–water partition coefficient (Wildman–Crippen LogP) is 6.39. The molecule has 0 aromatic carbocycles. The van der Waals surface area contributed by atoms with Crippen molar-refractivity contribution in [1.29, 1.82) is 0 Å². The zero-order valence-corrected chi connectivity index (χ0v) is 17.0. The molecule has 0 aromatic rings. The van der Waals surface area contributed by atoms with Gasteiger partial charge in [0.25, 0.3) is 0 Å². The molecular formula is C19H42O2S. The van der Waals surface area contributed by atoms with Gasteiger partial charge in [0, 0.05) is 12.0 Å². The Balaban J connectivity index is 0. The number of sulfone groups is 1. The largest absolute Gasteiger partial charge is 0.229 e. The zero-order chi connectivity index (χ0) is 17.5. The van der Waals surface area contributed by atoms with Crippen molar-refractivity contribution in [3.63, 3.8) is 0 Å². The van der Waals surface area contributed by atoms with Gasteiger partial charge in [-0.15, -0.1) is 0 Å². The summed E-state index contributed by atoms with van der Waals surface area (Å²) in [7, 11) is -2.73. The minimum atomic E-state index is -2.73. The lowest BCUT2D eigenvalue weighted by atomic mass is 10.0. The Morgan fingerprint density at radius 1 is 0.636 bits per heavy atom. The van der Waals surface area contributed by atoms with Crippen LogP contribution in [0.5, 0.6) is 0 Å². The molecular weight excluding hydrogens is 292 g/mol. The molecule has 0 aliphatic heterocycles. The van der Waals surface area contributed by atoms with E-state index < -0.39 is 9.84 Å². The third-order valence-electron chi connectivity index (χ3n) is 3.12. The van der Waals surface area contributed by atoms with Gasteiger partial charge in [-0.25, -0.2) is 8.42 Å². The van der Waals surface area contributed by atoms with E-state index in [-0.39, 0.29) is 0 Å². The molecule has 0 saturated heterocycles. The summed E-state index contributed by atoms with van der Waals surface area (Å²) in [5.41, 5.74) is 0.500. The molecule has 0 bridgehead atoms. The molecule has 0 aromatic heterocycles. The molecule has 3 heteroatoms. The molecule has 136 valence electrons. The normalized spacial score (nSPS) is 11.9. The van der Waals surface area contributed by atoms with Crippen LogP contribution < -0.4 is 0 Å². The van der Waals surface area contributed by atoms with Crippen LogP contribution in [0.1, 0.15) is 105 Å². The fourth-order valence-corrected chi connectivity index (χ4v) is 2.76. The van der Waals surface area contributed by atoms with Crippen LogP contribution >= 0.6 is 0 Å². The number of rotatable bonds is 12. The Morgan fingerprint density at radius 2 is 0.909 bits per heavy atom. The monoisotopic (exact) mass is 334 g/mol. The SMILES string of the molecule is CC(C)(C)C.CCCCCCCCCCCCCS(C)(=O)=O. The first-order valence-corrected chi connectivity index (χ1v) is 11.3. The van der Waals surface area contributed by atoms with E-state index in [1.807, 2.05) is 0 Å². The smallest absolute Gasteiger partial charge is 0.147 e. The summed E-state index contributed by atoms with van der Waals surface area (Å²) in [4.78, 5) is 0. The molecule has 0 N–H and O–H groups in total. The molecule has 0 spiro atoms. The zero-order valence-electron chi connectivity index (χ0n) is 16.2. The maximum Gasteiger partial charge on any atom is 0.147 e. The van der Waals surface area contributed by atoms with Crippen molar-refractivity contribution in [2.24, 2.45) is 5.41 Å². The van der Waals surface area contributed by atoms with E-state index >= 15 is 0 Å². The number of hydrogen-bond donors (Lipinski definition) is 0. The second kappa shape index (κ2) is 14.5. The molecule has 0 atom stereocenters. The first kappa shape index (κ1) is 24.2. The maximum absolute atomic E-state index is 10.9. The van der Waals surface area contributed by atoms with E-state index in [0.29, 0.717) is 11.2 Å². The van der Waals surface area contributed by atoms with Gasteiger partial charge in [-0.05, 0) is 11.8 Å². The van der Waals surface area contributed by atoms with Gasteiger partial charge in [-0.1, -0.05) is 98.8 Å². The Kier molecular flexibility index (Phi) is 16.0. The topological polar surface area (TPSA) is 34.1 Å².